The van der Waals surface area contributed by atoms with E-state index < -0.39 is 0 Å². The molecule has 2 nitrogen and oxygen atoms in total. The SMILES string of the molecule is CC.Cc1cccc(COc2cccnc2)c1. The normalized spacial score (nSPS) is 9.12. The lowest BCUT2D eigenvalue weighted by molar-refractivity contribution is 0.305. The zero-order valence-electron chi connectivity index (χ0n) is 10.7. The Morgan fingerprint density at radius 3 is 2.59 bits per heavy atom. The Hall–Kier alpha value is -1.83. The van der Waals surface area contributed by atoms with Gasteiger partial charge in [-0.15, -0.1) is 0 Å². The maximum Gasteiger partial charge on any atom is 0.138 e. The molecule has 0 radical (unpaired) electrons. The molecule has 1 heterocycles. The summed E-state index contributed by atoms with van der Waals surface area (Å²) in [6.45, 7) is 6.67. The molecule has 0 saturated carbocycles. The van der Waals surface area contributed by atoms with Crippen molar-refractivity contribution in [2.45, 2.75) is 27.4 Å². The van der Waals surface area contributed by atoms with Crippen molar-refractivity contribution in [3.05, 3.63) is 59.9 Å². The highest BCUT2D eigenvalue weighted by molar-refractivity contribution is 5.23. The summed E-state index contributed by atoms with van der Waals surface area (Å²) < 4.78 is 5.58. The number of aryl methyl sites for hydroxylation is 1. The predicted molar refractivity (Wildman–Crippen MR) is 71.1 cm³/mol. The molecule has 1 aromatic heterocycles. The third-order valence-corrected chi connectivity index (χ3v) is 2.12. The van der Waals surface area contributed by atoms with Gasteiger partial charge in [-0.2, -0.15) is 0 Å². The largest absolute Gasteiger partial charge is 0.487 e. The molecular formula is C15H19NO. The molecule has 0 amide bonds. The van der Waals surface area contributed by atoms with Crippen molar-refractivity contribution in [1.82, 2.24) is 4.98 Å². The van der Waals surface area contributed by atoms with Gasteiger partial charge in [0, 0.05) is 6.20 Å². The van der Waals surface area contributed by atoms with E-state index in [1.54, 1.807) is 12.4 Å². The third kappa shape index (κ3) is 4.68. The Bertz CT molecular complexity index is 426. The number of benzene rings is 1. The van der Waals surface area contributed by atoms with Gasteiger partial charge in [-0.3, -0.25) is 4.98 Å². The van der Waals surface area contributed by atoms with Crippen LogP contribution in [0.2, 0.25) is 0 Å². The lowest BCUT2D eigenvalue weighted by Gasteiger charge is -2.05. The third-order valence-electron chi connectivity index (χ3n) is 2.12. The monoisotopic (exact) mass is 229 g/mol. The highest BCUT2D eigenvalue weighted by Crippen LogP contribution is 2.10. The molecule has 17 heavy (non-hydrogen) atoms. The van der Waals surface area contributed by atoms with E-state index >= 15 is 0 Å². The lowest BCUT2D eigenvalue weighted by atomic mass is 10.1. The summed E-state index contributed by atoms with van der Waals surface area (Å²) in [5, 5.41) is 0. The van der Waals surface area contributed by atoms with Crippen LogP contribution < -0.4 is 4.74 Å². The minimum atomic E-state index is 0.591. The van der Waals surface area contributed by atoms with Gasteiger partial charge in [-0.05, 0) is 24.6 Å². The zero-order chi connectivity index (χ0) is 12.5. The van der Waals surface area contributed by atoms with Crippen LogP contribution in [0.25, 0.3) is 0 Å². The second-order valence-electron chi connectivity index (χ2n) is 3.47. The quantitative estimate of drug-likeness (QED) is 0.793. The lowest BCUT2D eigenvalue weighted by Crippen LogP contribution is -1.95. The van der Waals surface area contributed by atoms with Crippen molar-refractivity contribution in [1.29, 1.82) is 0 Å². The molecule has 2 aromatic rings. The fourth-order valence-electron chi connectivity index (χ4n) is 1.40. The maximum atomic E-state index is 5.58. The molecule has 0 fully saturated rings. The highest BCUT2D eigenvalue weighted by Gasteiger charge is 1.95. The Morgan fingerprint density at radius 1 is 1.12 bits per heavy atom. The number of rotatable bonds is 3. The second-order valence-corrected chi connectivity index (χ2v) is 3.47. The number of nitrogens with zero attached hydrogens (tertiary/aromatic N) is 1. The van der Waals surface area contributed by atoms with Crippen LogP contribution in [-0.4, -0.2) is 4.98 Å². The summed E-state index contributed by atoms with van der Waals surface area (Å²) in [7, 11) is 0. The summed E-state index contributed by atoms with van der Waals surface area (Å²) in [4.78, 5) is 3.99. The molecular weight excluding hydrogens is 210 g/mol. The molecule has 0 spiro atoms. The molecule has 0 atom stereocenters. The molecule has 1 aromatic carbocycles. The molecule has 90 valence electrons. The first-order valence-electron chi connectivity index (χ1n) is 5.93. The Balaban J connectivity index is 0.000000686. The summed E-state index contributed by atoms with van der Waals surface area (Å²) in [6, 6.07) is 12.1. The minimum absolute atomic E-state index is 0.591. The van der Waals surface area contributed by atoms with Crippen LogP contribution in [0.5, 0.6) is 5.75 Å². The van der Waals surface area contributed by atoms with Gasteiger partial charge in [0.2, 0.25) is 0 Å². The van der Waals surface area contributed by atoms with Crippen molar-refractivity contribution in [3.63, 3.8) is 0 Å². The molecule has 0 bridgehead atoms. The first-order chi connectivity index (χ1) is 8.34. The average molecular weight is 229 g/mol. The Morgan fingerprint density at radius 2 is 1.94 bits per heavy atom. The molecule has 0 aliphatic heterocycles. The molecule has 0 unspecified atom stereocenters. The first-order valence-corrected chi connectivity index (χ1v) is 5.93. The first kappa shape index (κ1) is 13.2. The van der Waals surface area contributed by atoms with Crippen molar-refractivity contribution in [2.24, 2.45) is 0 Å². The summed E-state index contributed by atoms with van der Waals surface area (Å²) in [5.41, 5.74) is 2.43. The van der Waals surface area contributed by atoms with E-state index in [4.69, 9.17) is 4.74 Å². The van der Waals surface area contributed by atoms with Gasteiger partial charge >= 0.3 is 0 Å². The van der Waals surface area contributed by atoms with Gasteiger partial charge in [0.25, 0.3) is 0 Å². The van der Waals surface area contributed by atoms with Crippen molar-refractivity contribution in [2.75, 3.05) is 0 Å². The molecule has 0 saturated heterocycles. The average Bonchev–Trinajstić information content (AvgIpc) is 2.40. The molecule has 0 N–H and O–H groups in total. The van der Waals surface area contributed by atoms with E-state index in [0.29, 0.717) is 6.61 Å². The van der Waals surface area contributed by atoms with Crippen molar-refractivity contribution in [3.8, 4) is 5.75 Å². The molecule has 2 rings (SSSR count). The fraction of sp³-hybridized carbons (Fsp3) is 0.267. The topological polar surface area (TPSA) is 22.1 Å². The van der Waals surface area contributed by atoms with Crippen LogP contribution in [-0.2, 0) is 6.61 Å². The maximum absolute atomic E-state index is 5.58. The van der Waals surface area contributed by atoms with E-state index in [1.807, 2.05) is 32.0 Å². The standard InChI is InChI=1S/C13H13NO.C2H6/c1-11-4-2-5-12(8-11)10-15-13-6-3-7-14-9-13;1-2/h2-9H,10H2,1H3;1-2H3. The fourth-order valence-corrected chi connectivity index (χ4v) is 1.40. The number of ether oxygens (including phenoxy) is 1. The minimum Gasteiger partial charge on any atom is -0.487 e. The van der Waals surface area contributed by atoms with Crippen LogP contribution in [0, 0.1) is 6.92 Å². The number of hydrogen-bond donors (Lipinski definition) is 0. The van der Waals surface area contributed by atoms with E-state index in [2.05, 4.69) is 30.1 Å². The number of hydrogen-bond acceptors (Lipinski definition) is 2. The van der Waals surface area contributed by atoms with Crippen LogP contribution in [0.1, 0.15) is 25.0 Å². The van der Waals surface area contributed by atoms with E-state index in [-0.39, 0.29) is 0 Å². The highest BCUT2D eigenvalue weighted by atomic mass is 16.5. The van der Waals surface area contributed by atoms with Gasteiger partial charge in [0.05, 0.1) is 6.20 Å². The zero-order valence-corrected chi connectivity index (χ0v) is 10.7. The van der Waals surface area contributed by atoms with Crippen LogP contribution >= 0.6 is 0 Å². The van der Waals surface area contributed by atoms with Gasteiger partial charge in [0.15, 0.2) is 0 Å². The molecule has 0 aliphatic carbocycles. The second kappa shape index (κ2) is 7.44. The van der Waals surface area contributed by atoms with Gasteiger partial charge in [-0.25, -0.2) is 0 Å². The predicted octanol–water partition coefficient (Wildman–Crippen LogP) is 4.00. The Labute approximate surface area is 103 Å². The summed E-state index contributed by atoms with van der Waals surface area (Å²) in [5.74, 6) is 0.805. The summed E-state index contributed by atoms with van der Waals surface area (Å²) >= 11 is 0. The van der Waals surface area contributed by atoms with E-state index in [9.17, 15) is 0 Å². The van der Waals surface area contributed by atoms with Crippen molar-refractivity contribution >= 4 is 0 Å². The Kier molecular flexibility index (Phi) is 5.80. The van der Waals surface area contributed by atoms with Gasteiger partial charge < -0.3 is 4.74 Å². The van der Waals surface area contributed by atoms with Crippen LogP contribution in [0.15, 0.2) is 48.8 Å². The smallest absolute Gasteiger partial charge is 0.138 e. The van der Waals surface area contributed by atoms with Crippen LogP contribution in [0.3, 0.4) is 0 Å². The molecule has 0 aliphatic rings. The van der Waals surface area contributed by atoms with E-state index in [1.165, 1.54) is 11.1 Å². The number of pyridine rings is 1. The number of aromatic nitrogens is 1. The molecule has 2 heteroatoms. The van der Waals surface area contributed by atoms with Gasteiger partial charge in [-0.1, -0.05) is 43.7 Å². The van der Waals surface area contributed by atoms with Crippen molar-refractivity contribution < 1.29 is 4.74 Å². The summed E-state index contributed by atoms with van der Waals surface area (Å²) in [6.07, 6.45) is 3.45. The van der Waals surface area contributed by atoms with Crippen LogP contribution in [0.4, 0.5) is 0 Å². The van der Waals surface area contributed by atoms with Gasteiger partial charge in [0.1, 0.15) is 12.4 Å². The van der Waals surface area contributed by atoms with E-state index in [0.717, 1.165) is 5.75 Å².